The van der Waals surface area contributed by atoms with Crippen LogP contribution in [-0.2, 0) is 14.8 Å². The van der Waals surface area contributed by atoms with Gasteiger partial charge in [0.2, 0.25) is 10.0 Å². The smallest absolute Gasteiger partial charge is 0.321 e. The van der Waals surface area contributed by atoms with Gasteiger partial charge < -0.3 is 10.2 Å². The van der Waals surface area contributed by atoms with Crippen LogP contribution in [0, 0.1) is 5.82 Å². The predicted octanol–water partition coefficient (Wildman–Crippen LogP) is -0.786. The van der Waals surface area contributed by atoms with E-state index in [1.54, 1.807) is 6.92 Å². The molecule has 1 heterocycles. The minimum absolute atomic E-state index is 0.0682. The summed E-state index contributed by atoms with van der Waals surface area (Å²) < 4.78 is 39.7. The Morgan fingerprint density at radius 3 is 2.54 bits per heavy atom. The van der Waals surface area contributed by atoms with Gasteiger partial charge in [-0.3, -0.25) is 10.1 Å². The first kappa shape index (κ1) is 20.6. The summed E-state index contributed by atoms with van der Waals surface area (Å²) >= 11 is 5.66. The Hall–Kier alpha value is -1.75. The number of carbonyl (C=O) groups excluding carboxylic acids is 2. The van der Waals surface area contributed by atoms with Crippen LogP contribution < -0.4 is 15.5 Å². The number of benzene rings is 1. The maximum absolute atomic E-state index is 13.2. The highest BCUT2D eigenvalue weighted by Gasteiger charge is 2.31. The fourth-order valence-corrected chi connectivity index (χ4v) is 4.32. The van der Waals surface area contributed by atoms with Gasteiger partial charge in [0.1, 0.15) is 5.82 Å². The van der Waals surface area contributed by atoms with Crippen molar-refractivity contribution in [3.63, 3.8) is 0 Å². The summed E-state index contributed by atoms with van der Waals surface area (Å²) in [5.74, 6) is -1.11. The van der Waals surface area contributed by atoms with Crippen LogP contribution in [0.15, 0.2) is 23.1 Å². The van der Waals surface area contributed by atoms with E-state index in [-0.39, 0.29) is 29.6 Å². The second-order valence-corrected chi connectivity index (χ2v) is 8.16. The average Bonchev–Trinajstić information content (AvgIpc) is 2.57. The van der Waals surface area contributed by atoms with Crippen LogP contribution >= 0.6 is 11.6 Å². The maximum atomic E-state index is 13.2. The number of quaternary nitrogens is 1. The molecule has 0 bridgehead atoms. The molecule has 144 valence electrons. The zero-order valence-electron chi connectivity index (χ0n) is 14.2. The van der Waals surface area contributed by atoms with Gasteiger partial charge in [-0.1, -0.05) is 11.6 Å². The van der Waals surface area contributed by atoms with Gasteiger partial charge in [0, 0.05) is 6.54 Å². The zero-order chi connectivity index (χ0) is 19.3. The molecule has 0 unspecified atom stereocenters. The topological polar surface area (TPSA) is 100 Å². The summed E-state index contributed by atoms with van der Waals surface area (Å²) in [4.78, 5) is 23.9. The van der Waals surface area contributed by atoms with Gasteiger partial charge >= 0.3 is 6.03 Å². The molecule has 8 nitrogen and oxygen atoms in total. The molecule has 1 aromatic rings. The van der Waals surface area contributed by atoms with Gasteiger partial charge in [0.05, 0.1) is 36.1 Å². The minimum atomic E-state index is -3.78. The molecule has 3 amide bonds. The lowest BCUT2D eigenvalue weighted by atomic mass is 10.3. The molecule has 0 aromatic heterocycles. The van der Waals surface area contributed by atoms with E-state index in [4.69, 9.17) is 11.6 Å². The van der Waals surface area contributed by atoms with Crippen LogP contribution in [-0.4, -0.2) is 63.9 Å². The third-order valence-electron chi connectivity index (χ3n) is 3.96. The molecule has 2 rings (SSSR count). The Bertz CT molecular complexity index is 782. The van der Waals surface area contributed by atoms with Gasteiger partial charge in [-0.05, 0) is 25.1 Å². The number of nitrogens with zero attached hydrogens (tertiary/aromatic N) is 1. The normalized spacial score (nSPS) is 16.3. The van der Waals surface area contributed by atoms with Crippen molar-refractivity contribution < 1.29 is 27.3 Å². The van der Waals surface area contributed by atoms with Gasteiger partial charge in [-0.2, -0.15) is 4.31 Å². The van der Waals surface area contributed by atoms with Crippen LogP contribution in [0.25, 0.3) is 0 Å². The number of piperazine rings is 1. The summed E-state index contributed by atoms with van der Waals surface area (Å²) in [5.41, 5.74) is 0. The number of sulfonamides is 1. The van der Waals surface area contributed by atoms with Crippen molar-refractivity contribution in [2.24, 2.45) is 0 Å². The van der Waals surface area contributed by atoms with Crippen LogP contribution in [0.5, 0.6) is 0 Å². The number of carbonyl (C=O) groups is 2. The van der Waals surface area contributed by atoms with Crippen molar-refractivity contribution in [3.05, 3.63) is 29.0 Å². The molecule has 3 N–H and O–H groups in total. The summed E-state index contributed by atoms with van der Waals surface area (Å²) in [5, 5.41) is 4.42. The molecule has 1 aliphatic rings. The van der Waals surface area contributed by atoms with Crippen molar-refractivity contribution in [1.29, 1.82) is 0 Å². The highest BCUT2D eigenvalue weighted by atomic mass is 35.5. The van der Waals surface area contributed by atoms with Crippen molar-refractivity contribution in [1.82, 2.24) is 14.9 Å². The van der Waals surface area contributed by atoms with E-state index < -0.39 is 27.8 Å². The van der Waals surface area contributed by atoms with E-state index in [1.165, 1.54) is 10.4 Å². The largest absolute Gasteiger partial charge is 0.338 e. The van der Waals surface area contributed by atoms with Gasteiger partial charge in [-0.25, -0.2) is 17.6 Å². The highest BCUT2D eigenvalue weighted by Crippen LogP contribution is 2.22. The molecule has 0 radical (unpaired) electrons. The fraction of sp³-hybridized carbons (Fsp3) is 0.467. The first-order valence-corrected chi connectivity index (χ1v) is 9.92. The lowest BCUT2D eigenvalue weighted by molar-refractivity contribution is -0.895. The first-order valence-electron chi connectivity index (χ1n) is 8.10. The number of rotatable bonds is 5. The third kappa shape index (κ3) is 5.13. The summed E-state index contributed by atoms with van der Waals surface area (Å²) in [7, 11) is -3.78. The first-order chi connectivity index (χ1) is 12.2. The SMILES string of the molecule is CCNC(=O)NC(=O)C[NH+]1CCN(S(=O)(=O)c2ccc(F)c(Cl)c2)CC1. The standard InChI is InChI=1S/C15H20ClFN4O4S/c1-2-18-15(23)19-14(22)10-20-5-7-21(8-6-20)26(24,25)11-3-4-13(17)12(16)9-11/h3-4,9H,2,5-8,10H2,1H3,(H2,18,19,22,23)/p+1. The molecule has 1 aliphatic heterocycles. The van der Waals surface area contributed by atoms with E-state index in [0.717, 1.165) is 17.0 Å². The number of hydrogen-bond donors (Lipinski definition) is 3. The zero-order valence-corrected chi connectivity index (χ0v) is 15.8. The number of halogens is 2. The number of hydrogen-bond acceptors (Lipinski definition) is 4. The maximum Gasteiger partial charge on any atom is 0.321 e. The molecular weight excluding hydrogens is 387 g/mol. The summed E-state index contributed by atoms with van der Waals surface area (Å²) in [6.45, 7) is 3.47. The van der Waals surface area contributed by atoms with Crippen LogP contribution in [0.3, 0.4) is 0 Å². The van der Waals surface area contributed by atoms with E-state index >= 15 is 0 Å². The van der Waals surface area contributed by atoms with E-state index in [0.29, 0.717) is 19.6 Å². The molecule has 0 aliphatic carbocycles. The molecule has 0 saturated carbocycles. The van der Waals surface area contributed by atoms with E-state index in [9.17, 15) is 22.4 Å². The lowest BCUT2D eigenvalue weighted by Gasteiger charge is -2.31. The molecule has 0 atom stereocenters. The Balaban J connectivity index is 1.92. The predicted molar refractivity (Wildman–Crippen MR) is 92.9 cm³/mol. The van der Waals surface area contributed by atoms with Crippen molar-refractivity contribution >= 4 is 33.6 Å². The summed E-state index contributed by atoms with van der Waals surface area (Å²) in [6, 6.07) is 2.73. The second-order valence-electron chi connectivity index (χ2n) is 5.81. The van der Waals surface area contributed by atoms with Crippen LogP contribution in [0.1, 0.15) is 6.92 Å². The molecular formula is C15H21ClFN4O4S+. The average molecular weight is 408 g/mol. The Morgan fingerprint density at radius 2 is 1.96 bits per heavy atom. The molecule has 26 heavy (non-hydrogen) atoms. The third-order valence-corrected chi connectivity index (χ3v) is 6.14. The van der Waals surface area contributed by atoms with Crippen molar-refractivity contribution in [3.8, 4) is 0 Å². The number of imide groups is 1. The fourth-order valence-electron chi connectivity index (χ4n) is 2.61. The molecule has 1 aromatic carbocycles. The van der Waals surface area contributed by atoms with Crippen molar-refractivity contribution in [2.45, 2.75) is 11.8 Å². The number of urea groups is 1. The Kier molecular flexibility index (Phi) is 6.93. The highest BCUT2D eigenvalue weighted by molar-refractivity contribution is 7.89. The van der Waals surface area contributed by atoms with Gasteiger partial charge in [-0.15, -0.1) is 0 Å². The molecule has 11 heteroatoms. The molecule has 1 saturated heterocycles. The summed E-state index contributed by atoms with van der Waals surface area (Å²) in [6.07, 6.45) is 0. The number of nitrogens with one attached hydrogen (secondary N) is 3. The van der Waals surface area contributed by atoms with Crippen LogP contribution in [0.4, 0.5) is 9.18 Å². The molecule has 1 fully saturated rings. The van der Waals surface area contributed by atoms with Gasteiger partial charge in [0.15, 0.2) is 6.54 Å². The van der Waals surface area contributed by atoms with Gasteiger partial charge in [0.25, 0.3) is 5.91 Å². The lowest BCUT2D eigenvalue weighted by Crippen LogP contribution is -3.15. The quantitative estimate of drug-likeness (QED) is 0.595. The van der Waals surface area contributed by atoms with E-state index in [1.807, 2.05) is 0 Å². The van der Waals surface area contributed by atoms with Crippen LogP contribution in [0.2, 0.25) is 5.02 Å². The Morgan fingerprint density at radius 1 is 1.31 bits per heavy atom. The molecule has 0 spiro atoms. The monoisotopic (exact) mass is 407 g/mol. The minimum Gasteiger partial charge on any atom is -0.338 e. The second kappa shape index (κ2) is 8.76. The van der Waals surface area contributed by atoms with E-state index in [2.05, 4.69) is 10.6 Å². The Labute approximate surface area is 156 Å². The van der Waals surface area contributed by atoms with Crippen molar-refractivity contribution in [2.75, 3.05) is 39.3 Å². The number of amides is 3.